The zero-order chi connectivity index (χ0) is 25.5. The molecule has 1 fully saturated rings. The van der Waals surface area contributed by atoms with Gasteiger partial charge in [0.15, 0.2) is 0 Å². The van der Waals surface area contributed by atoms with E-state index in [4.69, 9.17) is 4.42 Å². The molecular formula is C26H28FN5O4. The van der Waals surface area contributed by atoms with E-state index in [2.05, 4.69) is 25.8 Å². The number of carbonyl (C=O) groups is 3. The summed E-state index contributed by atoms with van der Waals surface area (Å²) in [4.78, 5) is 40.4. The molecule has 1 saturated heterocycles. The van der Waals surface area contributed by atoms with Crippen LogP contribution < -0.4 is 20.9 Å². The zero-order valence-corrected chi connectivity index (χ0v) is 19.9. The second-order valence-corrected chi connectivity index (χ2v) is 8.45. The van der Waals surface area contributed by atoms with E-state index in [9.17, 15) is 18.8 Å². The molecule has 1 aliphatic rings. The Kier molecular flexibility index (Phi) is 7.96. The molecule has 36 heavy (non-hydrogen) atoms. The third-order valence-electron chi connectivity index (χ3n) is 5.94. The van der Waals surface area contributed by atoms with Crippen LogP contribution >= 0.6 is 0 Å². The van der Waals surface area contributed by atoms with Gasteiger partial charge in [0.05, 0.1) is 12.3 Å². The number of piperazine rings is 1. The predicted octanol–water partition coefficient (Wildman–Crippen LogP) is 3.00. The molecular weight excluding hydrogens is 465 g/mol. The van der Waals surface area contributed by atoms with Gasteiger partial charge in [-0.2, -0.15) is 0 Å². The lowest BCUT2D eigenvalue weighted by atomic mass is 10.1. The largest absolute Gasteiger partial charge is 0.468 e. The van der Waals surface area contributed by atoms with Gasteiger partial charge >= 0.3 is 11.8 Å². The standard InChI is InChI=1S/C26H28FN5O4/c1-18(33)29-20-6-8-21(9-7-20)30-26(35)25(34)28-17-23(24-3-2-16-36-24)32-14-12-31(13-15-32)22-10-4-19(27)5-11-22/h2-11,16,23H,12-15,17H2,1H3,(H,28,34)(H,29,33)(H,30,35). The van der Waals surface area contributed by atoms with Crippen LogP contribution in [0.3, 0.4) is 0 Å². The van der Waals surface area contributed by atoms with Crippen molar-refractivity contribution < 1.29 is 23.2 Å². The second-order valence-electron chi connectivity index (χ2n) is 8.45. The van der Waals surface area contributed by atoms with Crippen molar-refractivity contribution in [3.63, 3.8) is 0 Å². The van der Waals surface area contributed by atoms with Gasteiger partial charge in [0.2, 0.25) is 5.91 Å². The highest BCUT2D eigenvalue weighted by atomic mass is 19.1. The summed E-state index contributed by atoms with van der Waals surface area (Å²) in [5.41, 5.74) is 1.98. The van der Waals surface area contributed by atoms with Crippen molar-refractivity contribution in [1.29, 1.82) is 0 Å². The first kappa shape index (κ1) is 24.9. The lowest BCUT2D eigenvalue weighted by molar-refractivity contribution is -0.136. The summed E-state index contributed by atoms with van der Waals surface area (Å²) in [6, 6.07) is 16.3. The lowest BCUT2D eigenvalue weighted by Gasteiger charge is -2.39. The van der Waals surface area contributed by atoms with Crippen LogP contribution in [0.4, 0.5) is 21.5 Å². The van der Waals surface area contributed by atoms with Gasteiger partial charge in [0.25, 0.3) is 0 Å². The molecule has 1 aliphatic heterocycles. The van der Waals surface area contributed by atoms with E-state index in [-0.39, 0.29) is 24.3 Å². The maximum Gasteiger partial charge on any atom is 0.313 e. The van der Waals surface area contributed by atoms with Gasteiger partial charge in [0.1, 0.15) is 11.6 Å². The Morgan fingerprint density at radius 3 is 2.11 bits per heavy atom. The molecule has 10 heteroatoms. The van der Waals surface area contributed by atoms with Crippen LogP contribution in [0.2, 0.25) is 0 Å². The SMILES string of the molecule is CC(=O)Nc1ccc(NC(=O)C(=O)NCC(c2ccco2)N2CCN(c3ccc(F)cc3)CC2)cc1. The van der Waals surface area contributed by atoms with Gasteiger partial charge in [-0.15, -0.1) is 0 Å². The maximum atomic E-state index is 13.3. The van der Waals surface area contributed by atoms with Gasteiger partial charge in [-0.3, -0.25) is 19.3 Å². The fourth-order valence-electron chi connectivity index (χ4n) is 4.13. The molecule has 188 valence electrons. The Labute approximate surface area is 208 Å². The van der Waals surface area contributed by atoms with E-state index in [0.717, 1.165) is 18.8 Å². The van der Waals surface area contributed by atoms with Crippen LogP contribution in [-0.2, 0) is 14.4 Å². The first-order chi connectivity index (χ1) is 17.4. The van der Waals surface area contributed by atoms with Crippen molar-refractivity contribution in [1.82, 2.24) is 10.2 Å². The highest BCUT2D eigenvalue weighted by Crippen LogP contribution is 2.24. The molecule has 0 bridgehead atoms. The Bertz CT molecular complexity index is 1170. The number of anilines is 3. The summed E-state index contributed by atoms with van der Waals surface area (Å²) < 4.78 is 18.9. The van der Waals surface area contributed by atoms with Crippen LogP contribution in [-0.4, -0.2) is 55.3 Å². The highest BCUT2D eigenvalue weighted by Gasteiger charge is 2.28. The summed E-state index contributed by atoms with van der Waals surface area (Å²) in [6.07, 6.45) is 1.58. The number of nitrogens with zero attached hydrogens (tertiary/aromatic N) is 2. The van der Waals surface area contributed by atoms with Crippen molar-refractivity contribution in [3.8, 4) is 0 Å². The Morgan fingerprint density at radius 2 is 1.53 bits per heavy atom. The number of carbonyl (C=O) groups excluding carboxylic acids is 3. The van der Waals surface area contributed by atoms with Crippen LogP contribution in [0.5, 0.6) is 0 Å². The molecule has 0 radical (unpaired) electrons. The average molecular weight is 494 g/mol. The fourth-order valence-corrected chi connectivity index (χ4v) is 4.13. The molecule has 4 rings (SSSR count). The minimum Gasteiger partial charge on any atom is -0.468 e. The topological polar surface area (TPSA) is 107 Å². The lowest BCUT2D eigenvalue weighted by Crippen LogP contribution is -2.50. The summed E-state index contributed by atoms with van der Waals surface area (Å²) in [7, 11) is 0. The molecule has 0 saturated carbocycles. The van der Waals surface area contributed by atoms with Crippen LogP contribution in [0, 0.1) is 5.82 Å². The van der Waals surface area contributed by atoms with E-state index in [1.165, 1.54) is 19.1 Å². The quantitative estimate of drug-likeness (QED) is 0.437. The minimum absolute atomic E-state index is 0.192. The molecule has 1 aromatic heterocycles. The summed E-state index contributed by atoms with van der Waals surface area (Å²) in [5, 5.41) is 7.90. The van der Waals surface area contributed by atoms with Gasteiger partial charge in [-0.25, -0.2) is 4.39 Å². The number of halogens is 1. The van der Waals surface area contributed by atoms with Gasteiger partial charge in [-0.05, 0) is 60.7 Å². The number of hydrogen-bond acceptors (Lipinski definition) is 6. The Morgan fingerprint density at radius 1 is 0.889 bits per heavy atom. The molecule has 1 atom stereocenters. The normalized spacial score (nSPS) is 14.7. The van der Waals surface area contributed by atoms with Crippen molar-refractivity contribution in [2.75, 3.05) is 48.3 Å². The van der Waals surface area contributed by atoms with E-state index in [1.54, 1.807) is 48.7 Å². The van der Waals surface area contributed by atoms with Crippen molar-refractivity contribution >= 4 is 34.8 Å². The molecule has 3 amide bonds. The molecule has 9 nitrogen and oxygen atoms in total. The molecule has 2 aromatic carbocycles. The molecule has 1 unspecified atom stereocenters. The third-order valence-corrected chi connectivity index (χ3v) is 5.94. The number of nitrogens with one attached hydrogen (secondary N) is 3. The van der Waals surface area contributed by atoms with Gasteiger partial charge in [0, 0.05) is 56.7 Å². The van der Waals surface area contributed by atoms with Crippen LogP contribution in [0.1, 0.15) is 18.7 Å². The second kappa shape index (κ2) is 11.5. The Balaban J connectivity index is 1.32. The average Bonchev–Trinajstić information content (AvgIpc) is 3.40. The molecule has 2 heterocycles. The summed E-state index contributed by atoms with van der Waals surface area (Å²) >= 11 is 0. The monoisotopic (exact) mass is 493 g/mol. The zero-order valence-electron chi connectivity index (χ0n) is 19.9. The predicted molar refractivity (Wildman–Crippen MR) is 134 cm³/mol. The minimum atomic E-state index is -0.790. The highest BCUT2D eigenvalue weighted by molar-refractivity contribution is 6.39. The van der Waals surface area contributed by atoms with E-state index >= 15 is 0 Å². The van der Waals surface area contributed by atoms with Crippen molar-refractivity contribution in [2.24, 2.45) is 0 Å². The molecule has 0 spiro atoms. The number of benzene rings is 2. The third kappa shape index (κ3) is 6.48. The number of amides is 3. The van der Waals surface area contributed by atoms with E-state index in [1.807, 2.05) is 6.07 Å². The summed E-state index contributed by atoms with van der Waals surface area (Å²) in [6.45, 7) is 4.45. The van der Waals surface area contributed by atoms with Gasteiger partial charge in [-0.1, -0.05) is 0 Å². The van der Waals surface area contributed by atoms with Crippen molar-refractivity contribution in [2.45, 2.75) is 13.0 Å². The number of rotatable bonds is 7. The fraction of sp³-hybridized carbons (Fsp3) is 0.269. The van der Waals surface area contributed by atoms with Crippen LogP contribution in [0.15, 0.2) is 71.3 Å². The Hall–Kier alpha value is -4.18. The van der Waals surface area contributed by atoms with Crippen molar-refractivity contribution in [3.05, 3.63) is 78.5 Å². The van der Waals surface area contributed by atoms with E-state index < -0.39 is 11.8 Å². The van der Waals surface area contributed by atoms with Crippen LogP contribution in [0.25, 0.3) is 0 Å². The molecule has 0 aliphatic carbocycles. The first-order valence-corrected chi connectivity index (χ1v) is 11.6. The first-order valence-electron chi connectivity index (χ1n) is 11.6. The van der Waals surface area contributed by atoms with E-state index in [0.29, 0.717) is 30.2 Å². The molecule has 3 aromatic rings. The maximum absolute atomic E-state index is 13.3. The molecule has 3 N–H and O–H groups in total. The van der Waals surface area contributed by atoms with Gasteiger partial charge < -0.3 is 25.3 Å². The summed E-state index contributed by atoms with van der Waals surface area (Å²) in [5.74, 6) is -1.32. The smallest absolute Gasteiger partial charge is 0.313 e. The number of hydrogen-bond donors (Lipinski definition) is 3. The number of furan rings is 1.